The van der Waals surface area contributed by atoms with Crippen LogP contribution in [0.4, 0.5) is 11.4 Å². The van der Waals surface area contributed by atoms with E-state index in [1.165, 1.54) is 68.4 Å². The van der Waals surface area contributed by atoms with Crippen molar-refractivity contribution in [2.75, 3.05) is 10.6 Å². The third-order valence-corrected chi connectivity index (χ3v) is 10.4. The zero-order valence-corrected chi connectivity index (χ0v) is 31.1. The molecule has 4 aliphatic carbocycles. The minimum atomic E-state index is 0.552. The van der Waals surface area contributed by atoms with Gasteiger partial charge in [0.15, 0.2) is 0 Å². The highest BCUT2D eigenvalue weighted by Gasteiger charge is 2.31. The van der Waals surface area contributed by atoms with Crippen LogP contribution in [0.25, 0.3) is 28.0 Å². The highest BCUT2D eigenvalue weighted by Crippen LogP contribution is 2.43. The van der Waals surface area contributed by atoms with Gasteiger partial charge >= 0.3 is 0 Å². The standard InChI is InChI=1S/C20H19N.C20H21N.C12H10/c1-2-9-16(10-3-1)21-20-14-15-8-4-5-11-17(15)18-12-6-7-13-19(18)20;1-2-3-4-9-14-21-20-15-16-10-5-6-11-17(16)18-12-7-8-13-19(18)20;1-3-7-11(8-4-1)12-9-5-2-6-10-12/h1-5,7-11,13-14,17-18,21H,6,12H2;2,5,7-10,12-15,21H,1,3-4,6,11H2;1-10H/b;14-9+;. The Kier molecular flexibility index (Phi) is 12.5. The van der Waals surface area contributed by atoms with E-state index in [1.807, 2.05) is 24.4 Å². The van der Waals surface area contributed by atoms with Gasteiger partial charge in [-0.3, -0.25) is 0 Å². The molecule has 0 spiro atoms. The minimum Gasteiger partial charge on any atom is -0.361 e. The monoisotopic (exact) mass is 702 g/mol. The van der Waals surface area contributed by atoms with Crippen LogP contribution in [0.3, 0.4) is 0 Å². The molecule has 2 heteroatoms. The first-order valence-corrected chi connectivity index (χ1v) is 19.4. The van der Waals surface area contributed by atoms with Gasteiger partial charge in [0, 0.05) is 28.4 Å². The molecule has 2 N–H and O–H groups in total. The van der Waals surface area contributed by atoms with E-state index in [4.69, 9.17) is 0 Å². The number of unbranched alkanes of at least 4 members (excludes halogenated alkanes) is 1. The lowest BCUT2D eigenvalue weighted by atomic mass is 9.71. The van der Waals surface area contributed by atoms with Crippen LogP contribution in [-0.4, -0.2) is 0 Å². The van der Waals surface area contributed by atoms with Gasteiger partial charge in [0.2, 0.25) is 0 Å². The molecule has 0 aliphatic heterocycles. The van der Waals surface area contributed by atoms with Crippen LogP contribution in [-0.2, 0) is 6.42 Å². The summed E-state index contributed by atoms with van der Waals surface area (Å²) >= 11 is 0. The second-order valence-corrected chi connectivity index (χ2v) is 14.0. The van der Waals surface area contributed by atoms with Crippen LogP contribution in [0.2, 0.25) is 0 Å². The number of aryl methyl sites for hydroxylation is 1. The smallest absolute Gasteiger partial charge is 0.0465 e. The number of benzene rings is 5. The van der Waals surface area contributed by atoms with Gasteiger partial charge in [0.1, 0.15) is 0 Å². The second kappa shape index (κ2) is 18.6. The van der Waals surface area contributed by atoms with E-state index in [0.717, 1.165) is 31.4 Å². The van der Waals surface area contributed by atoms with Crippen LogP contribution in [0.1, 0.15) is 43.2 Å². The Morgan fingerprint density at radius 2 is 1.37 bits per heavy atom. The van der Waals surface area contributed by atoms with E-state index in [9.17, 15) is 0 Å². The summed E-state index contributed by atoms with van der Waals surface area (Å²) in [4.78, 5) is 0. The molecule has 0 saturated heterocycles. The molecular formula is C52H50N2. The maximum atomic E-state index is 3.74. The zero-order chi connectivity index (χ0) is 36.8. The quantitative estimate of drug-likeness (QED) is 0.124. The second-order valence-electron chi connectivity index (χ2n) is 14.0. The molecule has 9 rings (SSSR count). The van der Waals surface area contributed by atoms with Crippen LogP contribution in [0.15, 0.2) is 212 Å². The fourth-order valence-corrected chi connectivity index (χ4v) is 7.70. The fourth-order valence-electron chi connectivity index (χ4n) is 7.70. The molecule has 0 radical (unpaired) electrons. The Morgan fingerprint density at radius 3 is 2.11 bits per heavy atom. The lowest BCUT2D eigenvalue weighted by Gasteiger charge is -2.35. The van der Waals surface area contributed by atoms with Gasteiger partial charge in [-0.15, -0.1) is 6.58 Å². The van der Waals surface area contributed by atoms with E-state index in [0.29, 0.717) is 11.8 Å². The summed E-state index contributed by atoms with van der Waals surface area (Å²) < 4.78 is 0. The van der Waals surface area contributed by atoms with Crippen molar-refractivity contribution in [1.82, 2.24) is 0 Å². The number of hydrogen-bond acceptors (Lipinski definition) is 2. The third-order valence-electron chi connectivity index (χ3n) is 10.4. The molecule has 5 aromatic rings. The molecule has 5 aromatic carbocycles. The predicted molar refractivity (Wildman–Crippen MR) is 234 cm³/mol. The number of fused-ring (bicyclic) bond motifs is 6. The van der Waals surface area contributed by atoms with Crippen molar-refractivity contribution >= 4 is 28.2 Å². The summed E-state index contributed by atoms with van der Waals surface area (Å²) in [6.07, 6.45) is 33.3. The zero-order valence-electron chi connectivity index (χ0n) is 31.1. The van der Waals surface area contributed by atoms with Crippen molar-refractivity contribution < 1.29 is 0 Å². The maximum absolute atomic E-state index is 3.74. The van der Waals surface area contributed by atoms with Gasteiger partial charge in [-0.25, -0.2) is 0 Å². The summed E-state index contributed by atoms with van der Waals surface area (Å²) in [6.45, 7) is 3.74. The Hall–Kier alpha value is -6.12. The minimum absolute atomic E-state index is 0.552. The lowest BCUT2D eigenvalue weighted by molar-refractivity contribution is 0.467. The topological polar surface area (TPSA) is 24.1 Å². The van der Waals surface area contributed by atoms with Gasteiger partial charge in [0.25, 0.3) is 0 Å². The SMILES string of the molecule is C1=CC2=CC(Nc3ccccc3)=C3C=CCCC3C2C=C1.C=CCC/C=C/Nc1cc2c(c3ccccc13)CCC=C2.c1ccc(-c2ccccc2)cc1. The highest BCUT2D eigenvalue weighted by atomic mass is 14.9. The first kappa shape index (κ1) is 36.2. The summed E-state index contributed by atoms with van der Waals surface area (Å²) in [5.41, 5.74) is 11.9. The Labute approximate surface area is 322 Å². The summed E-state index contributed by atoms with van der Waals surface area (Å²) in [5, 5.41) is 9.74. The molecule has 4 aliphatic rings. The van der Waals surface area contributed by atoms with Crippen LogP contribution in [0, 0.1) is 11.8 Å². The van der Waals surface area contributed by atoms with E-state index in [1.54, 1.807) is 0 Å². The Balaban J connectivity index is 0.000000130. The highest BCUT2D eigenvalue weighted by molar-refractivity contribution is 5.99. The van der Waals surface area contributed by atoms with Crippen molar-refractivity contribution in [3.05, 3.63) is 223 Å². The molecule has 0 heterocycles. The Bertz CT molecular complexity index is 2190. The molecule has 0 bridgehead atoms. The van der Waals surface area contributed by atoms with Crippen molar-refractivity contribution in [3.63, 3.8) is 0 Å². The van der Waals surface area contributed by atoms with Crippen LogP contribution < -0.4 is 10.6 Å². The average Bonchev–Trinajstić information content (AvgIpc) is 3.25. The number of anilines is 2. The number of hydrogen-bond donors (Lipinski definition) is 2. The molecule has 0 aromatic heterocycles. The largest absolute Gasteiger partial charge is 0.361 e. The van der Waals surface area contributed by atoms with Gasteiger partial charge in [-0.2, -0.15) is 0 Å². The third kappa shape index (κ3) is 9.08. The van der Waals surface area contributed by atoms with E-state index in [-0.39, 0.29) is 0 Å². The lowest BCUT2D eigenvalue weighted by Crippen LogP contribution is -2.25. The molecule has 2 unspecified atom stereocenters. The number of nitrogens with one attached hydrogen (secondary N) is 2. The van der Waals surface area contributed by atoms with Crippen molar-refractivity contribution in [3.8, 4) is 11.1 Å². The van der Waals surface area contributed by atoms with Gasteiger partial charge in [-0.05, 0) is 114 Å². The van der Waals surface area contributed by atoms with Gasteiger partial charge < -0.3 is 10.6 Å². The summed E-state index contributed by atoms with van der Waals surface area (Å²) in [6, 6.07) is 42.2. The van der Waals surface area contributed by atoms with E-state index < -0.39 is 0 Å². The normalized spacial score (nSPS) is 17.6. The molecule has 0 fully saturated rings. The van der Waals surface area contributed by atoms with E-state index in [2.05, 4.69) is 187 Å². The molecular weight excluding hydrogens is 653 g/mol. The first-order chi connectivity index (χ1) is 26.8. The molecule has 54 heavy (non-hydrogen) atoms. The van der Waals surface area contributed by atoms with Crippen molar-refractivity contribution in [1.29, 1.82) is 0 Å². The van der Waals surface area contributed by atoms with Gasteiger partial charge in [0.05, 0.1) is 0 Å². The van der Waals surface area contributed by atoms with Crippen LogP contribution >= 0.6 is 0 Å². The number of allylic oxidation sites excluding steroid dienone is 12. The summed E-state index contributed by atoms with van der Waals surface area (Å²) in [7, 11) is 0. The fraction of sp³-hybridized carbons (Fsp3) is 0.154. The van der Waals surface area contributed by atoms with Crippen molar-refractivity contribution in [2.45, 2.75) is 38.5 Å². The molecule has 268 valence electrons. The maximum Gasteiger partial charge on any atom is 0.0465 e. The number of rotatable bonds is 8. The molecule has 2 atom stereocenters. The van der Waals surface area contributed by atoms with Gasteiger partial charge in [-0.1, -0.05) is 164 Å². The average molecular weight is 703 g/mol. The molecule has 0 saturated carbocycles. The van der Waals surface area contributed by atoms with E-state index >= 15 is 0 Å². The number of para-hydroxylation sites is 1. The first-order valence-electron chi connectivity index (χ1n) is 19.4. The Morgan fingerprint density at radius 1 is 0.685 bits per heavy atom. The summed E-state index contributed by atoms with van der Waals surface area (Å²) in [5.74, 6) is 1.17. The molecule has 2 nitrogen and oxygen atoms in total. The predicted octanol–water partition coefficient (Wildman–Crippen LogP) is 14.0. The molecule has 0 amide bonds. The van der Waals surface area contributed by atoms with Crippen molar-refractivity contribution in [2.24, 2.45) is 11.8 Å². The van der Waals surface area contributed by atoms with Crippen LogP contribution in [0.5, 0.6) is 0 Å².